The van der Waals surface area contributed by atoms with Gasteiger partial charge in [0, 0.05) is 36.1 Å². The molecule has 2 fully saturated rings. The Labute approximate surface area is 211 Å². The highest BCUT2D eigenvalue weighted by molar-refractivity contribution is 7.80. The van der Waals surface area contributed by atoms with Crippen LogP contribution in [0.25, 0.3) is 16.5 Å². The lowest BCUT2D eigenvalue weighted by atomic mass is 9.96. The predicted octanol–water partition coefficient (Wildman–Crippen LogP) is 5.79. The number of aromatic nitrogens is 2. The molecule has 3 atom stereocenters. The summed E-state index contributed by atoms with van der Waals surface area (Å²) in [5, 5.41) is 6.87. The first kappa shape index (κ1) is 22.3. The van der Waals surface area contributed by atoms with Crippen LogP contribution in [0, 0.1) is 13.8 Å². The van der Waals surface area contributed by atoms with Gasteiger partial charge in [-0.3, -0.25) is 4.98 Å². The molecule has 35 heavy (non-hydrogen) atoms. The van der Waals surface area contributed by atoms with Gasteiger partial charge < -0.3 is 19.5 Å². The van der Waals surface area contributed by atoms with Gasteiger partial charge in [0.2, 0.25) is 0 Å². The summed E-state index contributed by atoms with van der Waals surface area (Å²) < 4.78 is 8.40. The first-order chi connectivity index (χ1) is 17.1. The lowest BCUT2D eigenvalue weighted by Gasteiger charge is -2.30. The highest BCUT2D eigenvalue weighted by atomic mass is 32.1. The number of benzene rings is 2. The Hall–Kier alpha value is -3.22. The van der Waals surface area contributed by atoms with E-state index >= 15 is 0 Å². The highest BCUT2D eigenvalue weighted by Crippen LogP contribution is 2.42. The summed E-state index contributed by atoms with van der Waals surface area (Å²) in [6.45, 7) is 6.05. The van der Waals surface area contributed by atoms with Crippen LogP contribution < -0.4 is 5.32 Å². The maximum atomic E-state index is 6.02. The molecule has 0 bridgehead atoms. The van der Waals surface area contributed by atoms with E-state index in [4.69, 9.17) is 21.9 Å². The number of ether oxygens (including phenoxy) is 1. The van der Waals surface area contributed by atoms with Crippen LogP contribution >= 0.6 is 12.2 Å². The van der Waals surface area contributed by atoms with Crippen LogP contribution in [0.2, 0.25) is 0 Å². The molecule has 0 amide bonds. The molecule has 0 aliphatic carbocycles. The zero-order valence-electron chi connectivity index (χ0n) is 20.1. The fourth-order valence-electron chi connectivity index (χ4n) is 5.81. The molecule has 5 nitrogen and oxygen atoms in total. The van der Waals surface area contributed by atoms with Gasteiger partial charge in [-0.1, -0.05) is 42.5 Å². The fraction of sp³-hybridized carbons (Fsp3) is 0.310. The molecular weight excluding hydrogens is 452 g/mol. The largest absolute Gasteiger partial charge is 0.376 e. The Balaban J connectivity index is 1.48. The lowest BCUT2D eigenvalue weighted by Crippen LogP contribution is -2.36. The van der Waals surface area contributed by atoms with Gasteiger partial charge in [-0.25, -0.2) is 0 Å². The molecule has 1 N–H and O–H groups in total. The summed E-state index contributed by atoms with van der Waals surface area (Å²) in [6, 6.07) is 23.6. The summed E-state index contributed by atoms with van der Waals surface area (Å²) in [7, 11) is 0. The van der Waals surface area contributed by atoms with E-state index in [-0.39, 0.29) is 18.2 Å². The maximum Gasteiger partial charge on any atom is 0.170 e. The average Bonchev–Trinajstić information content (AvgIpc) is 3.58. The molecule has 0 radical (unpaired) electrons. The van der Waals surface area contributed by atoms with Crippen LogP contribution in [0.5, 0.6) is 0 Å². The van der Waals surface area contributed by atoms with Gasteiger partial charge in [-0.15, -0.1) is 0 Å². The third-order valence-electron chi connectivity index (χ3n) is 7.42. The van der Waals surface area contributed by atoms with E-state index in [0.29, 0.717) is 0 Å². The molecule has 2 aromatic carbocycles. The molecule has 178 valence electrons. The van der Waals surface area contributed by atoms with E-state index in [1.807, 2.05) is 18.3 Å². The second-order valence-corrected chi connectivity index (χ2v) is 9.96. The van der Waals surface area contributed by atoms with E-state index in [0.717, 1.165) is 36.8 Å². The standard InChI is InChI=1S/C29H30N4OS/c1-19-17-24(20(2)33(19)26-14-7-10-21-9-3-4-12-23(21)26)28-27(25-13-5-6-15-30-25)31-29(35)32(28)18-22-11-8-16-34-22/h3-7,9-10,12-15,17,22,27-28H,8,11,16,18H2,1-2H3,(H,31,35)/t22-,27+,28-/m1/s1. The van der Waals surface area contributed by atoms with E-state index < -0.39 is 0 Å². The summed E-state index contributed by atoms with van der Waals surface area (Å²) in [4.78, 5) is 7.04. The quantitative estimate of drug-likeness (QED) is 0.365. The van der Waals surface area contributed by atoms with Crippen molar-refractivity contribution in [1.29, 1.82) is 0 Å². The molecule has 2 aliphatic rings. The number of fused-ring (bicyclic) bond motifs is 1. The number of nitrogens with zero attached hydrogens (tertiary/aromatic N) is 3. The van der Waals surface area contributed by atoms with Crippen molar-refractivity contribution < 1.29 is 4.74 Å². The third kappa shape index (κ3) is 3.91. The average molecular weight is 483 g/mol. The summed E-state index contributed by atoms with van der Waals surface area (Å²) >= 11 is 5.89. The van der Waals surface area contributed by atoms with Crippen LogP contribution in [0.15, 0.2) is 72.9 Å². The van der Waals surface area contributed by atoms with Gasteiger partial charge in [0.25, 0.3) is 0 Å². The minimum Gasteiger partial charge on any atom is -0.376 e. The highest BCUT2D eigenvalue weighted by Gasteiger charge is 2.42. The predicted molar refractivity (Wildman–Crippen MR) is 144 cm³/mol. The number of thiocarbonyl (C=S) groups is 1. The second kappa shape index (κ2) is 9.10. The molecule has 4 heterocycles. The Morgan fingerprint density at radius 1 is 1.06 bits per heavy atom. The van der Waals surface area contributed by atoms with Crippen molar-refractivity contribution in [2.24, 2.45) is 0 Å². The van der Waals surface area contributed by atoms with Crippen molar-refractivity contribution in [3.63, 3.8) is 0 Å². The van der Waals surface area contributed by atoms with Crippen molar-refractivity contribution in [2.45, 2.75) is 44.9 Å². The minimum absolute atomic E-state index is 0.0217. The number of nitrogens with one attached hydrogen (secondary N) is 1. The summed E-state index contributed by atoms with van der Waals surface area (Å²) in [5.74, 6) is 0. The minimum atomic E-state index is -0.0217. The molecule has 2 saturated heterocycles. The molecule has 2 aromatic heterocycles. The van der Waals surface area contributed by atoms with Gasteiger partial charge in [-0.05, 0) is 74.1 Å². The Kier molecular flexibility index (Phi) is 5.78. The molecular formula is C29H30N4OS. The Bertz CT molecular complexity index is 1370. The van der Waals surface area contributed by atoms with Gasteiger partial charge in [0.1, 0.15) is 0 Å². The molecule has 4 aromatic rings. The molecule has 0 saturated carbocycles. The van der Waals surface area contributed by atoms with Crippen LogP contribution in [0.3, 0.4) is 0 Å². The van der Waals surface area contributed by atoms with Crippen LogP contribution in [0.4, 0.5) is 0 Å². The fourth-order valence-corrected chi connectivity index (χ4v) is 6.12. The zero-order chi connectivity index (χ0) is 23.9. The first-order valence-corrected chi connectivity index (χ1v) is 12.8. The van der Waals surface area contributed by atoms with Gasteiger partial charge >= 0.3 is 0 Å². The SMILES string of the molecule is Cc1cc([C@@H]2[C@H](c3ccccn3)NC(=S)N2C[C@H]2CCCO2)c(C)n1-c1cccc2ccccc12. The Morgan fingerprint density at radius 3 is 2.69 bits per heavy atom. The van der Waals surface area contributed by atoms with E-state index in [1.165, 1.54) is 33.4 Å². The number of aryl methyl sites for hydroxylation is 1. The molecule has 0 unspecified atom stereocenters. The molecule has 6 rings (SSSR count). The number of hydrogen-bond donors (Lipinski definition) is 1. The van der Waals surface area contributed by atoms with E-state index in [9.17, 15) is 0 Å². The maximum absolute atomic E-state index is 6.02. The summed E-state index contributed by atoms with van der Waals surface area (Å²) in [6.07, 6.45) is 4.26. The smallest absolute Gasteiger partial charge is 0.170 e. The van der Waals surface area contributed by atoms with E-state index in [1.54, 1.807) is 0 Å². The number of pyridine rings is 1. The van der Waals surface area contributed by atoms with Gasteiger partial charge in [-0.2, -0.15) is 0 Å². The van der Waals surface area contributed by atoms with Crippen molar-refractivity contribution in [1.82, 2.24) is 19.8 Å². The van der Waals surface area contributed by atoms with Crippen LogP contribution in [-0.2, 0) is 4.74 Å². The van der Waals surface area contributed by atoms with Crippen LogP contribution in [0.1, 0.15) is 47.6 Å². The molecule has 2 aliphatic heterocycles. The van der Waals surface area contributed by atoms with Crippen molar-refractivity contribution in [2.75, 3.05) is 13.2 Å². The monoisotopic (exact) mass is 482 g/mol. The van der Waals surface area contributed by atoms with Gasteiger partial charge in [0.15, 0.2) is 5.11 Å². The topological polar surface area (TPSA) is 42.3 Å². The Morgan fingerprint density at radius 2 is 1.89 bits per heavy atom. The van der Waals surface area contributed by atoms with Crippen LogP contribution in [-0.4, -0.2) is 38.8 Å². The van der Waals surface area contributed by atoms with Crippen molar-refractivity contribution >= 4 is 28.1 Å². The van der Waals surface area contributed by atoms with Gasteiger partial charge in [0.05, 0.1) is 29.6 Å². The third-order valence-corrected chi connectivity index (χ3v) is 7.77. The lowest BCUT2D eigenvalue weighted by molar-refractivity contribution is 0.0842. The number of rotatable bonds is 5. The second-order valence-electron chi connectivity index (χ2n) is 9.57. The molecule has 6 heteroatoms. The van der Waals surface area contributed by atoms with Crippen molar-refractivity contribution in [3.05, 3.63) is 95.6 Å². The first-order valence-electron chi connectivity index (χ1n) is 12.4. The van der Waals surface area contributed by atoms with E-state index in [2.05, 4.69) is 83.2 Å². The number of hydrogen-bond acceptors (Lipinski definition) is 3. The summed E-state index contributed by atoms with van der Waals surface area (Å²) in [5.41, 5.74) is 5.93. The zero-order valence-corrected chi connectivity index (χ0v) is 21.0. The van der Waals surface area contributed by atoms with Crippen molar-refractivity contribution in [3.8, 4) is 5.69 Å². The molecule has 0 spiro atoms. The normalized spacial score (nSPS) is 22.2.